The molecule has 1 aliphatic carbocycles. The van der Waals surface area contributed by atoms with Gasteiger partial charge in [-0.1, -0.05) is 39.5 Å². The van der Waals surface area contributed by atoms with Crippen LogP contribution in [0.15, 0.2) is 0 Å². The van der Waals surface area contributed by atoms with Crippen LogP contribution in [-0.2, 0) is 13.1 Å². The van der Waals surface area contributed by atoms with Crippen LogP contribution in [0.25, 0.3) is 0 Å². The molecule has 0 amide bonds. The fraction of sp³-hybridized carbons (Fsp3) is 0.929. The van der Waals surface area contributed by atoms with Crippen LogP contribution in [0.4, 0.5) is 0 Å². The lowest BCUT2D eigenvalue weighted by Crippen LogP contribution is -2.22. The maximum Gasteiger partial charge on any atom is 0.165 e. The van der Waals surface area contributed by atoms with Gasteiger partial charge in [-0.25, -0.2) is 4.68 Å². The number of tetrazole rings is 1. The molecule has 1 saturated carbocycles. The maximum atomic E-state index is 4.10. The molecule has 0 saturated heterocycles. The summed E-state index contributed by atoms with van der Waals surface area (Å²) in [4.78, 5) is 0. The molecule has 1 aromatic rings. The van der Waals surface area contributed by atoms with E-state index in [9.17, 15) is 0 Å². The Balaban J connectivity index is 1.69. The Hall–Kier alpha value is -0.970. The molecule has 0 radical (unpaired) electrons. The van der Waals surface area contributed by atoms with Crippen molar-refractivity contribution in [3.63, 3.8) is 0 Å². The zero-order valence-electron chi connectivity index (χ0n) is 12.3. The topological polar surface area (TPSA) is 55.6 Å². The van der Waals surface area contributed by atoms with Crippen molar-refractivity contribution in [2.75, 3.05) is 6.54 Å². The van der Waals surface area contributed by atoms with E-state index < -0.39 is 0 Å². The van der Waals surface area contributed by atoms with Gasteiger partial charge in [0.25, 0.3) is 0 Å². The van der Waals surface area contributed by atoms with Crippen LogP contribution < -0.4 is 5.32 Å². The van der Waals surface area contributed by atoms with Gasteiger partial charge in [0.2, 0.25) is 0 Å². The minimum Gasteiger partial charge on any atom is -0.310 e. The Morgan fingerprint density at radius 3 is 2.84 bits per heavy atom. The van der Waals surface area contributed by atoms with E-state index >= 15 is 0 Å². The largest absolute Gasteiger partial charge is 0.310 e. The molecule has 0 aliphatic heterocycles. The zero-order chi connectivity index (χ0) is 13.5. The van der Waals surface area contributed by atoms with E-state index in [1.807, 2.05) is 4.68 Å². The third-order valence-electron chi connectivity index (χ3n) is 3.90. The van der Waals surface area contributed by atoms with Crippen LogP contribution in [0.5, 0.6) is 0 Å². The molecule has 19 heavy (non-hydrogen) atoms. The first-order valence-corrected chi connectivity index (χ1v) is 7.71. The number of aromatic nitrogens is 4. The highest BCUT2D eigenvalue weighted by Gasteiger charge is 2.14. The van der Waals surface area contributed by atoms with Crippen LogP contribution in [0.3, 0.4) is 0 Å². The van der Waals surface area contributed by atoms with E-state index in [4.69, 9.17) is 0 Å². The first-order chi connectivity index (χ1) is 9.25. The van der Waals surface area contributed by atoms with E-state index in [1.165, 1.54) is 38.5 Å². The Morgan fingerprint density at radius 1 is 1.32 bits per heavy atom. The first-order valence-electron chi connectivity index (χ1n) is 7.71. The molecule has 0 atom stereocenters. The van der Waals surface area contributed by atoms with Crippen LogP contribution in [0.1, 0.15) is 58.2 Å². The second-order valence-electron chi connectivity index (χ2n) is 6.14. The number of aryl methyl sites for hydroxylation is 1. The molecule has 1 fully saturated rings. The van der Waals surface area contributed by atoms with Crippen molar-refractivity contribution in [1.82, 2.24) is 25.5 Å². The lowest BCUT2D eigenvalue weighted by molar-refractivity contribution is 0.431. The molecule has 5 heteroatoms. The lowest BCUT2D eigenvalue weighted by Gasteiger charge is -2.10. The molecular formula is C14H27N5. The van der Waals surface area contributed by atoms with Crippen molar-refractivity contribution in [2.24, 2.45) is 11.8 Å². The summed E-state index contributed by atoms with van der Waals surface area (Å²) in [7, 11) is 0. The standard InChI is InChI=1S/C14H27N5/c1-12(2)10-15-11-14-16-17-18-19(14)9-5-8-13-6-3-4-7-13/h12-13,15H,3-11H2,1-2H3. The van der Waals surface area contributed by atoms with Crippen molar-refractivity contribution in [3.8, 4) is 0 Å². The predicted octanol–water partition coefficient (Wildman–Crippen LogP) is 2.39. The quantitative estimate of drug-likeness (QED) is 0.784. The highest BCUT2D eigenvalue weighted by molar-refractivity contribution is 4.80. The van der Waals surface area contributed by atoms with Gasteiger partial charge < -0.3 is 5.32 Å². The molecule has 108 valence electrons. The van der Waals surface area contributed by atoms with Gasteiger partial charge >= 0.3 is 0 Å². The van der Waals surface area contributed by atoms with Gasteiger partial charge in [0.05, 0.1) is 6.54 Å². The summed E-state index contributed by atoms with van der Waals surface area (Å²) in [6.07, 6.45) is 8.25. The third-order valence-corrected chi connectivity index (χ3v) is 3.90. The van der Waals surface area contributed by atoms with E-state index in [1.54, 1.807) is 0 Å². The summed E-state index contributed by atoms with van der Waals surface area (Å²) in [6, 6.07) is 0. The van der Waals surface area contributed by atoms with Gasteiger partial charge in [0.15, 0.2) is 5.82 Å². The molecule has 1 heterocycles. The van der Waals surface area contributed by atoms with E-state index in [0.717, 1.165) is 31.4 Å². The molecule has 0 aromatic carbocycles. The maximum absolute atomic E-state index is 4.10. The number of hydrogen-bond donors (Lipinski definition) is 1. The monoisotopic (exact) mass is 265 g/mol. The van der Waals surface area contributed by atoms with Gasteiger partial charge in [-0.15, -0.1) is 5.10 Å². The van der Waals surface area contributed by atoms with Crippen molar-refractivity contribution < 1.29 is 0 Å². The summed E-state index contributed by atoms with van der Waals surface area (Å²) in [5.41, 5.74) is 0. The number of hydrogen-bond acceptors (Lipinski definition) is 4. The van der Waals surface area contributed by atoms with E-state index in [2.05, 4.69) is 34.7 Å². The second-order valence-corrected chi connectivity index (χ2v) is 6.14. The first kappa shape index (κ1) is 14.4. The zero-order valence-corrected chi connectivity index (χ0v) is 12.3. The highest BCUT2D eigenvalue weighted by atomic mass is 15.5. The summed E-state index contributed by atoms with van der Waals surface area (Å²) in [5.74, 6) is 2.58. The smallest absolute Gasteiger partial charge is 0.165 e. The third kappa shape index (κ3) is 4.90. The van der Waals surface area contributed by atoms with Crippen LogP contribution in [-0.4, -0.2) is 26.8 Å². The van der Waals surface area contributed by atoms with Crippen LogP contribution in [0.2, 0.25) is 0 Å². The van der Waals surface area contributed by atoms with Crippen LogP contribution >= 0.6 is 0 Å². The lowest BCUT2D eigenvalue weighted by atomic mass is 10.0. The van der Waals surface area contributed by atoms with Crippen molar-refractivity contribution in [2.45, 2.75) is 65.5 Å². The van der Waals surface area contributed by atoms with Gasteiger partial charge in [-0.05, 0) is 41.6 Å². The Bertz CT molecular complexity index is 354. The Kier molecular flexibility index (Phi) is 5.76. The van der Waals surface area contributed by atoms with E-state index in [0.29, 0.717) is 5.92 Å². The molecular weight excluding hydrogens is 238 g/mol. The van der Waals surface area contributed by atoms with Crippen molar-refractivity contribution in [3.05, 3.63) is 5.82 Å². The Morgan fingerprint density at radius 2 is 2.11 bits per heavy atom. The summed E-state index contributed by atoms with van der Waals surface area (Å²) in [6.45, 7) is 7.15. The molecule has 5 nitrogen and oxygen atoms in total. The molecule has 2 rings (SSSR count). The fourth-order valence-corrected chi connectivity index (χ4v) is 2.82. The predicted molar refractivity (Wildman–Crippen MR) is 75.6 cm³/mol. The van der Waals surface area contributed by atoms with Crippen molar-refractivity contribution in [1.29, 1.82) is 0 Å². The van der Waals surface area contributed by atoms with E-state index in [-0.39, 0.29) is 0 Å². The SMILES string of the molecule is CC(C)CNCc1nnnn1CCCC1CCCC1. The number of rotatable bonds is 8. The van der Waals surface area contributed by atoms with Gasteiger partial charge in [-0.3, -0.25) is 0 Å². The fourth-order valence-electron chi connectivity index (χ4n) is 2.82. The number of nitrogens with one attached hydrogen (secondary N) is 1. The molecule has 0 spiro atoms. The molecule has 1 N–H and O–H groups in total. The average Bonchev–Trinajstić information content (AvgIpc) is 3.01. The van der Waals surface area contributed by atoms with Gasteiger partial charge in [-0.2, -0.15) is 0 Å². The van der Waals surface area contributed by atoms with Crippen molar-refractivity contribution >= 4 is 0 Å². The van der Waals surface area contributed by atoms with Gasteiger partial charge in [0.1, 0.15) is 0 Å². The normalized spacial score (nSPS) is 16.6. The molecule has 1 aromatic heterocycles. The second kappa shape index (κ2) is 7.58. The number of nitrogens with zero attached hydrogens (tertiary/aromatic N) is 4. The summed E-state index contributed by atoms with van der Waals surface area (Å²) >= 11 is 0. The minimum absolute atomic E-state index is 0.659. The summed E-state index contributed by atoms with van der Waals surface area (Å²) < 4.78 is 1.96. The minimum atomic E-state index is 0.659. The molecule has 0 bridgehead atoms. The summed E-state index contributed by atoms with van der Waals surface area (Å²) in [5, 5.41) is 15.4. The van der Waals surface area contributed by atoms with Gasteiger partial charge in [0, 0.05) is 6.54 Å². The van der Waals surface area contributed by atoms with Crippen LogP contribution in [0, 0.1) is 11.8 Å². The molecule has 0 unspecified atom stereocenters. The average molecular weight is 265 g/mol. The Labute approximate surface area is 116 Å². The highest BCUT2D eigenvalue weighted by Crippen LogP contribution is 2.28. The molecule has 1 aliphatic rings.